The summed E-state index contributed by atoms with van der Waals surface area (Å²) >= 11 is 3.60. The van der Waals surface area contributed by atoms with Crippen LogP contribution in [0.15, 0.2) is 35.1 Å². The van der Waals surface area contributed by atoms with Crippen molar-refractivity contribution in [3.05, 3.63) is 35.1 Å². The second-order valence-corrected chi connectivity index (χ2v) is 12.4. The number of rotatable bonds is 4. The molecule has 0 radical (unpaired) electrons. The zero-order valence-corrected chi connectivity index (χ0v) is 24.1. The van der Waals surface area contributed by atoms with Gasteiger partial charge >= 0.3 is 6.09 Å². The number of anilines is 1. The van der Waals surface area contributed by atoms with Crippen LogP contribution >= 0.6 is 15.9 Å². The van der Waals surface area contributed by atoms with Crippen LogP contribution in [-0.4, -0.2) is 89.0 Å². The number of hydrogen-bond donors (Lipinski definition) is 1. The average Bonchev–Trinajstić information content (AvgIpc) is 3.43. The Morgan fingerprint density at radius 1 is 1.13 bits per heavy atom. The van der Waals surface area contributed by atoms with Crippen LogP contribution in [0.5, 0.6) is 0 Å². The van der Waals surface area contributed by atoms with Gasteiger partial charge in [-0.1, -0.05) is 6.07 Å². The van der Waals surface area contributed by atoms with Crippen LogP contribution in [0.25, 0.3) is 27.9 Å². The van der Waals surface area contributed by atoms with Gasteiger partial charge in [-0.05, 0) is 55.8 Å². The van der Waals surface area contributed by atoms with Crippen molar-refractivity contribution in [2.75, 3.05) is 31.5 Å². The molecule has 1 spiro atoms. The van der Waals surface area contributed by atoms with E-state index < -0.39 is 11.6 Å². The number of amides is 2. The third kappa shape index (κ3) is 4.58. The molecule has 6 rings (SSSR count). The molecule has 5 heterocycles. The van der Waals surface area contributed by atoms with Crippen molar-refractivity contribution in [1.29, 1.82) is 0 Å². The summed E-state index contributed by atoms with van der Waals surface area (Å²) in [5.74, 6) is 0.901. The molecule has 0 saturated carbocycles. The number of aromatic nitrogens is 6. The summed E-state index contributed by atoms with van der Waals surface area (Å²) in [6.07, 6.45) is 3.26. The van der Waals surface area contributed by atoms with Crippen molar-refractivity contribution < 1.29 is 14.3 Å². The quantitative estimate of drug-likeness (QED) is 0.381. The molecule has 2 aliphatic heterocycles. The first-order valence-corrected chi connectivity index (χ1v) is 13.6. The Kier molecular flexibility index (Phi) is 5.83. The fourth-order valence-corrected chi connectivity index (χ4v) is 5.67. The molecule has 0 aliphatic carbocycles. The fourth-order valence-electron chi connectivity index (χ4n) is 5.22. The van der Waals surface area contributed by atoms with Crippen molar-refractivity contribution >= 4 is 50.4 Å². The predicted octanol–water partition coefficient (Wildman–Crippen LogP) is 3.32. The number of nitrogens with one attached hydrogen (secondary N) is 1. The maximum atomic E-state index is 13.3. The van der Waals surface area contributed by atoms with Gasteiger partial charge in [0.1, 0.15) is 11.6 Å². The number of halogens is 1. The van der Waals surface area contributed by atoms with Crippen molar-refractivity contribution in [2.45, 2.75) is 39.3 Å². The van der Waals surface area contributed by atoms with Crippen LogP contribution in [0.3, 0.4) is 0 Å². The predicted molar refractivity (Wildman–Crippen MR) is 148 cm³/mol. The normalized spacial score (nSPS) is 17.3. The molecule has 2 aliphatic rings. The second kappa shape index (κ2) is 8.90. The van der Waals surface area contributed by atoms with Gasteiger partial charge in [0.25, 0.3) is 0 Å². The largest absolute Gasteiger partial charge is 0.444 e. The number of nitrogens with zero attached hydrogens (tertiary/aromatic N) is 8. The second-order valence-electron chi connectivity index (χ2n) is 11.5. The van der Waals surface area contributed by atoms with Crippen LogP contribution in [0, 0.1) is 5.41 Å². The minimum Gasteiger partial charge on any atom is -0.444 e. The molecule has 0 bridgehead atoms. The first kappa shape index (κ1) is 25.5. The Bertz CT molecular complexity index is 1610. The van der Waals surface area contributed by atoms with Crippen LogP contribution in [0.4, 0.5) is 10.7 Å². The van der Waals surface area contributed by atoms with Gasteiger partial charge in [0.05, 0.1) is 17.3 Å². The number of carbonyl (C=O) groups excluding carboxylic acids is 2. The Morgan fingerprint density at radius 2 is 1.85 bits per heavy atom. The van der Waals surface area contributed by atoms with E-state index in [0.29, 0.717) is 43.6 Å². The van der Waals surface area contributed by atoms with Crippen molar-refractivity contribution in [3.63, 3.8) is 0 Å². The highest BCUT2D eigenvalue weighted by atomic mass is 79.9. The Hall–Kier alpha value is -3.74. The lowest BCUT2D eigenvalue weighted by Crippen LogP contribution is -2.74. The number of hydrogen-bond acceptors (Lipinski definition) is 8. The number of para-hydroxylation sites is 1. The number of benzene rings is 1. The molecule has 3 aromatic heterocycles. The lowest BCUT2D eigenvalue weighted by atomic mass is 9.73. The molecular weight excluding hydrogens is 566 g/mol. The zero-order chi connectivity index (χ0) is 27.7. The summed E-state index contributed by atoms with van der Waals surface area (Å²) < 4.78 is 9.61. The fraction of sp³-hybridized carbons (Fsp3) is 0.462. The highest BCUT2D eigenvalue weighted by Crippen LogP contribution is 2.40. The van der Waals surface area contributed by atoms with Crippen molar-refractivity contribution in [3.8, 4) is 11.4 Å². The van der Waals surface area contributed by atoms with E-state index in [0.717, 1.165) is 20.9 Å². The van der Waals surface area contributed by atoms with Crippen LogP contribution in [0.1, 0.15) is 27.7 Å². The Balaban J connectivity index is 1.19. The lowest BCUT2D eigenvalue weighted by molar-refractivity contribution is -0.157. The zero-order valence-electron chi connectivity index (χ0n) is 22.5. The third-order valence-electron chi connectivity index (χ3n) is 7.00. The number of carbonyl (C=O) groups is 2. The number of likely N-dealkylation sites (tertiary alicyclic amines) is 2. The molecule has 0 unspecified atom stereocenters. The summed E-state index contributed by atoms with van der Waals surface area (Å²) in [5, 5.41) is 13.0. The summed E-state index contributed by atoms with van der Waals surface area (Å²) in [6.45, 7) is 9.81. The Morgan fingerprint density at radius 3 is 2.51 bits per heavy atom. The van der Waals surface area contributed by atoms with E-state index >= 15 is 0 Å². The van der Waals surface area contributed by atoms with Gasteiger partial charge in [0.2, 0.25) is 11.9 Å². The van der Waals surface area contributed by atoms with Gasteiger partial charge in [0, 0.05) is 54.7 Å². The molecule has 2 saturated heterocycles. The van der Waals surface area contributed by atoms with Gasteiger partial charge in [-0.2, -0.15) is 9.61 Å². The van der Waals surface area contributed by atoms with Crippen LogP contribution in [-0.2, 0) is 16.6 Å². The number of aryl methyl sites for hydroxylation is 1. The lowest BCUT2D eigenvalue weighted by Gasteiger charge is -2.60. The van der Waals surface area contributed by atoms with E-state index in [-0.39, 0.29) is 17.4 Å². The molecule has 1 N–H and O–H groups in total. The van der Waals surface area contributed by atoms with Gasteiger partial charge < -0.3 is 19.9 Å². The first-order valence-electron chi connectivity index (χ1n) is 12.8. The Labute approximate surface area is 233 Å². The van der Waals surface area contributed by atoms with Gasteiger partial charge in [0.15, 0.2) is 11.5 Å². The summed E-state index contributed by atoms with van der Waals surface area (Å²) in [4.78, 5) is 38.7. The first-order chi connectivity index (χ1) is 18.4. The maximum absolute atomic E-state index is 13.3. The van der Waals surface area contributed by atoms with Crippen molar-refractivity contribution in [2.24, 2.45) is 12.5 Å². The van der Waals surface area contributed by atoms with Crippen LogP contribution < -0.4 is 5.32 Å². The van der Waals surface area contributed by atoms with E-state index in [1.54, 1.807) is 20.3 Å². The molecule has 204 valence electrons. The average molecular weight is 596 g/mol. The molecular formula is C26H30BrN9O3. The molecule has 1 aromatic carbocycles. The molecule has 12 nitrogen and oxygen atoms in total. The topological polar surface area (TPSA) is 123 Å². The van der Waals surface area contributed by atoms with Gasteiger partial charge in [-0.15, -0.1) is 5.10 Å². The minimum atomic E-state index is -0.550. The smallest absolute Gasteiger partial charge is 0.410 e. The maximum Gasteiger partial charge on any atom is 0.410 e. The van der Waals surface area contributed by atoms with E-state index in [2.05, 4.69) is 26.3 Å². The van der Waals surface area contributed by atoms with E-state index in [4.69, 9.17) is 19.8 Å². The molecule has 13 heteroatoms. The molecule has 2 amide bonds. The molecule has 1 atom stereocenters. The summed E-state index contributed by atoms with van der Waals surface area (Å²) in [5.41, 5.74) is 1.56. The summed E-state index contributed by atoms with van der Waals surface area (Å²) in [6, 6.07) is 5.24. The van der Waals surface area contributed by atoms with Crippen LogP contribution in [0.2, 0.25) is 0 Å². The number of fused-ring (bicyclic) bond motifs is 3. The molecule has 2 fully saturated rings. The van der Waals surface area contributed by atoms with E-state index in [1.165, 1.54) is 0 Å². The van der Waals surface area contributed by atoms with Gasteiger partial charge in [-0.25, -0.2) is 14.8 Å². The monoisotopic (exact) mass is 595 g/mol. The minimum absolute atomic E-state index is 0.0360. The highest BCUT2D eigenvalue weighted by Gasteiger charge is 2.55. The van der Waals surface area contributed by atoms with E-state index in [9.17, 15) is 9.59 Å². The standard InChI is InChI=1S/C26H30BrN9O3/c1-15(22(37)34-11-26(12-34)13-35(14-26)24(38)39-25(2,3)4)29-23-30-19-17(7-6-8-18(19)27)21-31-20(32-36(21)23)16-9-28-33(5)10-16/h6-10,15H,11-14H2,1-5H3,(H,29,30)/t15-/m1/s1. The van der Waals surface area contributed by atoms with E-state index in [1.807, 2.05) is 64.0 Å². The third-order valence-corrected chi connectivity index (χ3v) is 7.64. The highest BCUT2D eigenvalue weighted by molar-refractivity contribution is 9.10. The van der Waals surface area contributed by atoms with Crippen molar-refractivity contribution in [1.82, 2.24) is 39.2 Å². The molecule has 39 heavy (non-hydrogen) atoms. The molecule has 4 aromatic rings. The SMILES string of the molecule is C[C@@H](Nc1nc2c(Br)cccc2c2nc(-c3cnn(C)c3)nn12)C(=O)N1CC2(CN(C(=O)OC(C)(C)C)C2)C1. The summed E-state index contributed by atoms with van der Waals surface area (Å²) in [7, 11) is 1.84. The van der Waals surface area contributed by atoms with Gasteiger partial charge in [-0.3, -0.25) is 9.48 Å². The number of ether oxygens (including phenoxy) is 1.